The first-order valence-corrected chi connectivity index (χ1v) is 11.2. The number of likely N-dealkylation sites (tertiary alicyclic amines) is 1. The molecule has 1 heterocycles. The molecule has 4 aromatic carbocycles. The third-order valence-electron chi connectivity index (χ3n) is 6.29. The molecule has 5 rings (SSSR count). The van der Waals surface area contributed by atoms with Crippen LogP contribution in [0.2, 0.25) is 0 Å². The molecular weight excluding hydrogens is 467 g/mol. The van der Waals surface area contributed by atoms with Gasteiger partial charge in [-0.05, 0) is 40.1 Å². The molecule has 1 atom stereocenters. The molecule has 36 heavy (non-hydrogen) atoms. The zero-order valence-corrected chi connectivity index (χ0v) is 18.9. The molecule has 1 fully saturated rings. The van der Waals surface area contributed by atoms with Crippen molar-refractivity contribution in [3.63, 3.8) is 0 Å². The lowest BCUT2D eigenvalue weighted by molar-refractivity contribution is -0.140. The molecule has 0 radical (unpaired) electrons. The zero-order chi connectivity index (χ0) is 25.4. The summed E-state index contributed by atoms with van der Waals surface area (Å²) < 4.78 is 39.8. The minimum atomic E-state index is -4.54. The highest BCUT2D eigenvalue weighted by Gasteiger charge is 2.46. The van der Waals surface area contributed by atoms with Gasteiger partial charge < -0.3 is 10.0 Å². The molecule has 1 unspecified atom stereocenters. The van der Waals surface area contributed by atoms with E-state index in [9.17, 15) is 27.9 Å². The Bertz CT molecular complexity index is 1510. The Hall–Kier alpha value is -4.39. The van der Waals surface area contributed by atoms with Crippen molar-refractivity contribution < 1.29 is 27.9 Å². The number of carbonyl (C=O) groups excluding carboxylic acids is 2. The molecule has 1 aliphatic heterocycles. The van der Waals surface area contributed by atoms with Crippen LogP contribution in [0.3, 0.4) is 0 Å². The van der Waals surface area contributed by atoms with Crippen molar-refractivity contribution in [3.05, 3.63) is 125 Å². The minimum Gasteiger partial charge on any atom is -0.507 e. The molecule has 0 aliphatic carbocycles. The normalized spacial score (nSPS) is 17.6. The van der Waals surface area contributed by atoms with Gasteiger partial charge in [-0.1, -0.05) is 78.9 Å². The smallest absolute Gasteiger partial charge is 0.416 e. The van der Waals surface area contributed by atoms with Crippen LogP contribution in [0.5, 0.6) is 0 Å². The molecule has 7 heteroatoms. The minimum absolute atomic E-state index is 0.103. The summed E-state index contributed by atoms with van der Waals surface area (Å²) in [6, 6.07) is 25.1. The first kappa shape index (κ1) is 23.4. The quantitative estimate of drug-likeness (QED) is 0.204. The van der Waals surface area contributed by atoms with Crippen LogP contribution in [0.4, 0.5) is 13.2 Å². The fourth-order valence-electron chi connectivity index (χ4n) is 4.56. The maximum Gasteiger partial charge on any atom is 0.416 e. The van der Waals surface area contributed by atoms with Gasteiger partial charge in [0.2, 0.25) is 0 Å². The lowest BCUT2D eigenvalue weighted by atomic mass is 9.94. The summed E-state index contributed by atoms with van der Waals surface area (Å²) in [6.45, 7) is -0.234. The van der Waals surface area contributed by atoms with Crippen molar-refractivity contribution in [2.45, 2.75) is 18.8 Å². The topological polar surface area (TPSA) is 57.6 Å². The second kappa shape index (κ2) is 9.00. The van der Waals surface area contributed by atoms with Gasteiger partial charge in [0.25, 0.3) is 11.7 Å². The Morgan fingerprint density at radius 3 is 2.22 bits per heavy atom. The largest absolute Gasteiger partial charge is 0.507 e. The number of carbonyl (C=O) groups is 2. The summed E-state index contributed by atoms with van der Waals surface area (Å²) in [5, 5.41) is 13.1. The standard InChI is InChI=1S/C29H20F3NO3/c30-29(31,32)23-12-6-7-18(15-23)17-33-25(20-9-2-1-3-10-20)24(27(35)28(33)36)26(34)22-14-13-19-8-4-5-11-21(19)16-22/h1-16,25,34H,17H2/b26-24-. The number of alkyl halides is 3. The number of fused-ring (bicyclic) bond motifs is 1. The third-order valence-corrected chi connectivity index (χ3v) is 6.29. The van der Waals surface area contributed by atoms with Crippen molar-refractivity contribution >= 4 is 28.2 Å². The van der Waals surface area contributed by atoms with Gasteiger partial charge in [-0.2, -0.15) is 13.2 Å². The third kappa shape index (κ3) is 4.24. The maximum absolute atomic E-state index is 13.3. The van der Waals surface area contributed by atoms with Crippen LogP contribution in [-0.2, 0) is 22.3 Å². The number of halogens is 3. The highest BCUT2D eigenvalue weighted by atomic mass is 19.4. The van der Waals surface area contributed by atoms with Crippen LogP contribution in [0.15, 0.2) is 103 Å². The van der Waals surface area contributed by atoms with E-state index in [2.05, 4.69) is 0 Å². The SMILES string of the molecule is O=C1C(=O)N(Cc2cccc(C(F)(F)F)c2)C(c2ccccc2)/C1=C(/O)c1ccc2ccccc2c1. The number of hydrogen-bond donors (Lipinski definition) is 1. The summed E-state index contributed by atoms with van der Waals surface area (Å²) >= 11 is 0. The molecule has 0 saturated carbocycles. The molecule has 0 aromatic heterocycles. The predicted octanol–water partition coefficient (Wildman–Crippen LogP) is 6.48. The highest BCUT2D eigenvalue weighted by Crippen LogP contribution is 2.41. The Labute approximate surface area is 204 Å². The van der Waals surface area contributed by atoms with E-state index in [4.69, 9.17) is 0 Å². The van der Waals surface area contributed by atoms with E-state index in [0.29, 0.717) is 11.1 Å². The maximum atomic E-state index is 13.3. The van der Waals surface area contributed by atoms with E-state index < -0.39 is 29.5 Å². The van der Waals surface area contributed by atoms with Gasteiger partial charge in [0.1, 0.15) is 5.76 Å². The Kier molecular flexibility index (Phi) is 5.84. The van der Waals surface area contributed by atoms with Crippen LogP contribution in [0.25, 0.3) is 16.5 Å². The van der Waals surface area contributed by atoms with E-state index in [1.165, 1.54) is 17.0 Å². The molecule has 4 nitrogen and oxygen atoms in total. The lowest BCUT2D eigenvalue weighted by Gasteiger charge is -2.25. The molecule has 0 spiro atoms. The number of amides is 1. The molecule has 4 aromatic rings. The fourth-order valence-corrected chi connectivity index (χ4v) is 4.56. The number of ketones is 1. The van der Waals surface area contributed by atoms with Gasteiger partial charge in [-0.15, -0.1) is 0 Å². The van der Waals surface area contributed by atoms with Crippen LogP contribution in [-0.4, -0.2) is 21.7 Å². The average Bonchev–Trinajstić information content (AvgIpc) is 3.13. The second-order valence-electron chi connectivity index (χ2n) is 8.60. The van der Waals surface area contributed by atoms with E-state index in [1.807, 2.05) is 24.3 Å². The molecular formula is C29H20F3NO3. The average molecular weight is 487 g/mol. The first-order valence-electron chi connectivity index (χ1n) is 11.2. The zero-order valence-electron chi connectivity index (χ0n) is 18.9. The van der Waals surface area contributed by atoms with Crippen molar-refractivity contribution in [3.8, 4) is 0 Å². The number of aliphatic hydroxyl groups is 1. The summed E-state index contributed by atoms with van der Waals surface area (Å²) in [4.78, 5) is 27.6. The number of Topliss-reactive ketones (excluding diaryl/α,β-unsaturated/α-hetero) is 1. The molecule has 1 N–H and O–H groups in total. The molecule has 0 bridgehead atoms. The van der Waals surface area contributed by atoms with Gasteiger partial charge in [0.05, 0.1) is 17.2 Å². The van der Waals surface area contributed by atoms with E-state index >= 15 is 0 Å². The monoisotopic (exact) mass is 487 g/mol. The summed E-state index contributed by atoms with van der Waals surface area (Å²) in [7, 11) is 0. The number of hydrogen-bond acceptors (Lipinski definition) is 3. The van der Waals surface area contributed by atoms with Gasteiger partial charge in [0, 0.05) is 12.1 Å². The number of benzene rings is 4. The van der Waals surface area contributed by atoms with Gasteiger partial charge in [-0.3, -0.25) is 9.59 Å². The molecule has 1 saturated heterocycles. The molecule has 180 valence electrons. The number of aliphatic hydroxyl groups excluding tert-OH is 1. The lowest BCUT2D eigenvalue weighted by Crippen LogP contribution is -2.29. The number of rotatable bonds is 4. The number of nitrogens with zero attached hydrogens (tertiary/aromatic N) is 1. The summed E-state index contributed by atoms with van der Waals surface area (Å²) in [5.74, 6) is -2.11. The molecule has 1 aliphatic rings. The highest BCUT2D eigenvalue weighted by molar-refractivity contribution is 6.46. The summed E-state index contributed by atoms with van der Waals surface area (Å²) in [5.41, 5.74) is 0.202. The van der Waals surface area contributed by atoms with Crippen molar-refractivity contribution in [2.24, 2.45) is 0 Å². The van der Waals surface area contributed by atoms with Crippen LogP contribution < -0.4 is 0 Å². The Morgan fingerprint density at radius 2 is 1.50 bits per heavy atom. The van der Waals surface area contributed by atoms with Crippen molar-refractivity contribution in [1.82, 2.24) is 4.90 Å². The van der Waals surface area contributed by atoms with Crippen molar-refractivity contribution in [2.75, 3.05) is 0 Å². The van der Waals surface area contributed by atoms with E-state index in [0.717, 1.165) is 22.9 Å². The van der Waals surface area contributed by atoms with Crippen molar-refractivity contribution in [1.29, 1.82) is 0 Å². The Balaban J connectivity index is 1.62. The van der Waals surface area contributed by atoms with Gasteiger partial charge >= 0.3 is 6.18 Å². The van der Waals surface area contributed by atoms with Crippen LogP contribution in [0.1, 0.15) is 28.3 Å². The van der Waals surface area contributed by atoms with Crippen LogP contribution in [0, 0.1) is 0 Å². The van der Waals surface area contributed by atoms with E-state index in [1.54, 1.807) is 48.5 Å². The second-order valence-corrected chi connectivity index (χ2v) is 8.60. The van der Waals surface area contributed by atoms with Gasteiger partial charge in [0.15, 0.2) is 0 Å². The fraction of sp³-hybridized carbons (Fsp3) is 0.103. The van der Waals surface area contributed by atoms with E-state index in [-0.39, 0.29) is 23.4 Å². The predicted molar refractivity (Wildman–Crippen MR) is 130 cm³/mol. The first-order chi connectivity index (χ1) is 17.2. The molecule has 1 amide bonds. The van der Waals surface area contributed by atoms with Gasteiger partial charge in [-0.25, -0.2) is 0 Å². The Morgan fingerprint density at radius 1 is 0.806 bits per heavy atom. The van der Waals surface area contributed by atoms with Crippen LogP contribution >= 0.6 is 0 Å². The summed E-state index contributed by atoms with van der Waals surface area (Å²) in [6.07, 6.45) is -4.54.